The number of nitrogens with two attached hydrogens (primary N) is 1. The molecular weight excluding hydrogens is 274 g/mol. The first-order valence-corrected chi connectivity index (χ1v) is 6.77. The molecule has 1 aliphatic carbocycles. The zero-order valence-electron chi connectivity index (χ0n) is 12.1. The summed E-state index contributed by atoms with van der Waals surface area (Å²) in [7, 11) is 0. The molecule has 7 nitrogen and oxygen atoms in total. The predicted octanol–water partition coefficient (Wildman–Crippen LogP) is 1.28. The van der Waals surface area contributed by atoms with Crippen molar-refractivity contribution in [2.45, 2.75) is 38.3 Å². The van der Waals surface area contributed by atoms with E-state index >= 15 is 0 Å². The Balaban J connectivity index is 2.15. The van der Waals surface area contributed by atoms with E-state index in [2.05, 4.69) is 5.32 Å². The summed E-state index contributed by atoms with van der Waals surface area (Å²) in [6, 6.07) is 4.87. The van der Waals surface area contributed by atoms with Gasteiger partial charge in [-0.1, -0.05) is 6.07 Å². The monoisotopic (exact) mass is 293 g/mol. The number of hydrogen-bond acceptors (Lipinski definition) is 5. The molecule has 0 aliphatic heterocycles. The lowest BCUT2D eigenvalue weighted by Gasteiger charge is -2.27. The largest absolute Gasteiger partial charge is 0.484 e. The zero-order chi connectivity index (χ0) is 15.6. The molecule has 7 heteroatoms. The first-order valence-electron chi connectivity index (χ1n) is 6.77. The van der Waals surface area contributed by atoms with E-state index in [0.717, 1.165) is 18.4 Å². The van der Waals surface area contributed by atoms with Gasteiger partial charge in [-0.15, -0.1) is 0 Å². The predicted molar refractivity (Wildman–Crippen MR) is 77.1 cm³/mol. The topological polar surface area (TPSA) is 107 Å². The number of nitro groups is 1. The number of ether oxygens (including phenoxy) is 1. The van der Waals surface area contributed by atoms with Crippen LogP contribution in [0.2, 0.25) is 0 Å². The highest BCUT2D eigenvalue weighted by Crippen LogP contribution is 2.29. The van der Waals surface area contributed by atoms with E-state index in [1.54, 1.807) is 19.1 Å². The first-order chi connectivity index (χ1) is 9.82. The van der Waals surface area contributed by atoms with Crippen molar-refractivity contribution in [2.24, 2.45) is 5.73 Å². The summed E-state index contributed by atoms with van der Waals surface area (Å²) >= 11 is 0. The molecule has 1 unspecified atom stereocenters. The number of nitrogens with one attached hydrogen (secondary N) is 1. The minimum atomic E-state index is -1.04. The molecule has 0 bridgehead atoms. The number of carbonyl (C=O) groups is 1. The van der Waals surface area contributed by atoms with Crippen molar-refractivity contribution >= 4 is 11.6 Å². The van der Waals surface area contributed by atoms with Crippen molar-refractivity contribution in [2.75, 3.05) is 6.61 Å². The van der Waals surface area contributed by atoms with Crippen LogP contribution in [0.4, 0.5) is 5.69 Å². The summed E-state index contributed by atoms with van der Waals surface area (Å²) in [4.78, 5) is 22.1. The summed E-state index contributed by atoms with van der Waals surface area (Å²) < 4.78 is 5.53. The number of nitrogens with zero attached hydrogens (tertiary/aromatic N) is 1. The molecule has 1 fully saturated rings. The van der Waals surface area contributed by atoms with Crippen LogP contribution in [0.3, 0.4) is 0 Å². The standard InChI is InChI=1S/C14H19N3O4/c1-9-3-6-11(17(19)20)12(7-9)21-8-14(2,13(15)18)16-10-4-5-10/h3,6-7,10,16H,4-5,8H2,1-2H3,(H2,15,18). The molecule has 0 saturated heterocycles. The van der Waals surface area contributed by atoms with Crippen LogP contribution in [-0.2, 0) is 4.79 Å². The smallest absolute Gasteiger partial charge is 0.310 e. The highest BCUT2D eigenvalue weighted by atomic mass is 16.6. The van der Waals surface area contributed by atoms with E-state index in [9.17, 15) is 14.9 Å². The number of nitro benzene ring substituents is 1. The van der Waals surface area contributed by atoms with Gasteiger partial charge < -0.3 is 10.5 Å². The third kappa shape index (κ3) is 3.69. The van der Waals surface area contributed by atoms with Crippen LogP contribution in [-0.4, -0.2) is 29.0 Å². The summed E-state index contributed by atoms with van der Waals surface area (Å²) in [6.45, 7) is 3.41. The summed E-state index contributed by atoms with van der Waals surface area (Å²) in [5.41, 5.74) is 5.09. The Kier molecular flexibility index (Phi) is 4.13. The van der Waals surface area contributed by atoms with E-state index in [1.807, 2.05) is 6.92 Å². The molecule has 0 radical (unpaired) electrons. The normalized spacial score (nSPS) is 17.0. The summed E-state index contributed by atoms with van der Waals surface area (Å²) in [5, 5.41) is 14.1. The lowest BCUT2D eigenvalue weighted by molar-refractivity contribution is -0.385. The molecule has 1 aromatic carbocycles. The Hall–Kier alpha value is -2.15. The number of rotatable bonds is 7. The fraction of sp³-hybridized carbons (Fsp3) is 0.500. The van der Waals surface area contributed by atoms with E-state index < -0.39 is 16.4 Å². The lowest BCUT2D eigenvalue weighted by Crippen LogP contribution is -2.57. The molecular formula is C14H19N3O4. The van der Waals surface area contributed by atoms with Crippen molar-refractivity contribution in [3.8, 4) is 5.75 Å². The van der Waals surface area contributed by atoms with Gasteiger partial charge in [-0.05, 0) is 38.3 Å². The SMILES string of the molecule is Cc1ccc([N+](=O)[O-])c(OCC(C)(NC2CC2)C(N)=O)c1. The maximum Gasteiger partial charge on any atom is 0.310 e. The number of amides is 1. The van der Waals surface area contributed by atoms with Crippen molar-refractivity contribution in [3.63, 3.8) is 0 Å². The molecule has 3 N–H and O–H groups in total. The van der Waals surface area contributed by atoms with Gasteiger partial charge in [-0.3, -0.25) is 20.2 Å². The second kappa shape index (κ2) is 5.69. The molecule has 114 valence electrons. The molecule has 1 aliphatic rings. The van der Waals surface area contributed by atoms with Gasteiger partial charge >= 0.3 is 5.69 Å². The lowest BCUT2D eigenvalue weighted by atomic mass is 10.0. The number of hydrogen-bond donors (Lipinski definition) is 2. The minimum Gasteiger partial charge on any atom is -0.484 e. The highest BCUT2D eigenvalue weighted by Gasteiger charge is 2.38. The van der Waals surface area contributed by atoms with Crippen LogP contribution < -0.4 is 15.8 Å². The Labute approximate surface area is 122 Å². The van der Waals surface area contributed by atoms with Gasteiger partial charge in [-0.2, -0.15) is 0 Å². The molecule has 2 rings (SSSR count). The van der Waals surface area contributed by atoms with Gasteiger partial charge in [0.1, 0.15) is 12.1 Å². The van der Waals surface area contributed by atoms with Gasteiger partial charge in [-0.25, -0.2) is 0 Å². The van der Waals surface area contributed by atoms with Crippen molar-refractivity contribution in [3.05, 3.63) is 33.9 Å². The molecule has 0 aromatic heterocycles. The van der Waals surface area contributed by atoms with Crippen molar-refractivity contribution in [1.29, 1.82) is 0 Å². The first kappa shape index (κ1) is 15.2. The number of primary amides is 1. The molecule has 1 saturated carbocycles. The number of aryl methyl sites for hydroxylation is 1. The molecule has 0 heterocycles. The molecule has 21 heavy (non-hydrogen) atoms. The maximum absolute atomic E-state index is 11.6. The second-order valence-corrected chi connectivity index (χ2v) is 5.63. The average Bonchev–Trinajstić information content (AvgIpc) is 3.19. The Morgan fingerprint density at radius 2 is 2.24 bits per heavy atom. The number of carbonyl (C=O) groups excluding carboxylic acids is 1. The Morgan fingerprint density at radius 1 is 1.57 bits per heavy atom. The van der Waals surface area contributed by atoms with Gasteiger partial charge in [0.25, 0.3) is 0 Å². The van der Waals surface area contributed by atoms with Gasteiger partial charge in [0.2, 0.25) is 5.91 Å². The quantitative estimate of drug-likeness (QED) is 0.581. The molecule has 0 spiro atoms. The zero-order valence-corrected chi connectivity index (χ0v) is 12.1. The van der Waals surface area contributed by atoms with Crippen LogP contribution >= 0.6 is 0 Å². The van der Waals surface area contributed by atoms with Gasteiger partial charge in [0, 0.05) is 12.1 Å². The molecule has 1 aromatic rings. The third-order valence-electron chi connectivity index (χ3n) is 3.47. The molecule has 1 amide bonds. The Bertz CT molecular complexity index is 571. The van der Waals surface area contributed by atoms with Crippen LogP contribution in [0.25, 0.3) is 0 Å². The van der Waals surface area contributed by atoms with Crippen molar-refractivity contribution < 1.29 is 14.5 Å². The second-order valence-electron chi connectivity index (χ2n) is 5.63. The van der Waals surface area contributed by atoms with E-state index in [0.29, 0.717) is 0 Å². The Morgan fingerprint density at radius 3 is 2.76 bits per heavy atom. The van der Waals surface area contributed by atoms with Crippen LogP contribution in [0.15, 0.2) is 18.2 Å². The van der Waals surface area contributed by atoms with E-state index in [-0.39, 0.29) is 24.1 Å². The highest BCUT2D eigenvalue weighted by molar-refractivity contribution is 5.84. The summed E-state index contributed by atoms with van der Waals surface area (Å²) in [5.74, 6) is -0.394. The summed E-state index contributed by atoms with van der Waals surface area (Å²) in [6.07, 6.45) is 1.99. The number of benzene rings is 1. The third-order valence-corrected chi connectivity index (χ3v) is 3.47. The van der Waals surface area contributed by atoms with E-state index in [4.69, 9.17) is 10.5 Å². The van der Waals surface area contributed by atoms with Crippen LogP contribution in [0, 0.1) is 17.0 Å². The van der Waals surface area contributed by atoms with Gasteiger partial charge in [0.15, 0.2) is 5.75 Å². The van der Waals surface area contributed by atoms with Crippen molar-refractivity contribution in [1.82, 2.24) is 5.32 Å². The van der Waals surface area contributed by atoms with Crippen LogP contribution in [0.1, 0.15) is 25.3 Å². The fourth-order valence-corrected chi connectivity index (χ4v) is 1.97. The minimum absolute atomic E-state index is 0.0525. The maximum atomic E-state index is 11.6. The van der Waals surface area contributed by atoms with E-state index in [1.165, 1.54) is 6.07 Å². The molecule has 1 atom stereocenters. The average molecular weight is 293 g/mol. The fourth-order valence-electron chi connectivity index (χ4n) is 1.97. The van der Waals surface area contributed by atoms with Gasteiger partial charge in [0.05, 0.1) is 4.92 Å². The van der Waals surface area contributed by atoms with Crippen LogP contribution in [0.5, 0.6) is 5.75 Å².